The van der Waals surface area contributed by atoms with Crippen molar-refractivity contribution in [1.82, 2.24) is 20.0 Å². The second kappa shape index (κ2) is 6.77. The predicted octanol–water partition coefficient (Wildman–Crippen LogP) is 1.93. The van der Waals surface area contributed by atoms with Gasteiger partial charge in [0, 0.05) is 31.2 Å². The lowest BCUT2D eigenvalue weighted by molar-refractivity contribution is 0.315. The predicted molar refractivity (Wildman–Crippen MR) is 93.9 cm³/mol. The van der Waals surface area contributed by atoms with Crippen molar-refractivity contribution in [2.75, 3.05) is 18.4 Å². The van der Waals surface area contributed by atoms with Gasteiger partial charge in [-0.05, 0) is 53.8 Å². The van der Waals surface area contributed by atoms with Crippen LogP contribution >= 0.6 is 0 Å². The highest BCUT2D eigenvalue weighted by molar-refractivity contribution is 7.89. The molecule has 0 saturated heterocycles. The van der Waals surface area contributed by atoms with Crippen molar-refractivity contribution in [3.63, 3.8) is 0 Å². The van der Waals surface area contributed by atoms with E-state index >= 15 is 0 Å². The van der Waals surface area contributed by atoms with Crippen molar-refractivity contribution < 1.29 is 13.0 Å². The summed E-state index contributed by atoms with van der Waals surface area (Å²) in [6, 6.07) is 3.61. The summed E-state index contributed by atoms with van der Waals surface area (Å²) in [6.07, 6.45) is 3.43. The molecule has 0 atom stereocenters. The van der Waals surface area contributed by atoms with Gasteiger partial charge >= 0.3 is 0 Å². The Morgan fingerprint density at radius 1 is 1.04 bits per heavy atom. The molecule has 8 nitrogen and oxygen atoms in total. The fourth-order valence-corrected chi connectivity index (χ4v) is 4.09. The highest BCUT2D eigenvalue weighted by atomic mass is 32.2. The molecule has 0 radical (unpaired) electrons. The number of aromatic nitrogens is 3. The molecule has 0 unspecified atom stereocenters. The molecule has 0 aliphatic rings. The number of nitrogens with one attached hydrogen (secondary N) is 2. The van der Waals surface area contributed by atoms with Crippen molar-refractivity contribution in [3.8, 4) is 0 Å². The summed E-state index contributed by atoms with van der Waals surface area (Å²) in [7, 11) is -3.73. The van der Waals surface area contributed by atoms with E-state index in [0.717, 1.165) is 16.8 Å². The van der Waals surface area contributed by atoms with Crippen LogP contribution in [0.1, 0.15) is 16.7 Å². The molecule has 0 aliphatic heterocycles. The fourth-order valence-electron chi connectivity index (χ4n) is 2.71. The van der Waals surface area contributed by atoms with Crippen LogP contribution in [0.3, 0.4) is 0 Å². The molecule has 9 heteroatoms. The molecule has 0 fully saturated rings. The fraction of sp³-hybridized carbons (Fsp3) is 0.312. The minimum absolute atomic E-state index is 0.106. The Hall–Kier alpha value is -2.52. The minimum atomic E-state index is -3.73. The Labute approximate surface area is 145 Å². The van der Waals surface area contributed by atoms with Gasteiger partial charge in [0.25, 0.3) is 0 Å². The van der Waals surface area contributed by atoms with E-state index in [4.69, 9.17) is 4.63 Å². The maximum absolute atomic E-state index is 12.7. The molecule has 1 aromatic carbocycles. The smallest absolute Gasteiger partial charge is 0.243 e. The molecule has 0 spiro atoms. The molecule has 25 heavy (non-hydrogen) atoms. The van der Waals surface area contributed by atoms with Crippen LogP contribution in [0.25, 0.3) is 11.0 Å². The summed E-state index contributed by atoms with van der Waals surface area (Å²) in [4.78, 5) is 4.13. The first-order valence-corrected chi connectivity index (χ1v) is 9.25. The number of rotatable bonds is 6. The van der Waals surface area contributed by atoms with Gasteiger partial charge in [0.15, 0.2) is 5.52 Å². The molecule has 0 aliphatic carbocycles. The van der Waals surface area contributed by atoms with Crippen LogP contribution in [-0.4, -0.2) is 36.8 Å². The molecule has 0 amide bonds. The van der Waals surface area contributed by atoms with Crippen LogP contribution in [0.4, 0.5) is 5.69 Å². The standard InChI is InChI=1S/C16H19N5O3S/c1-10-8-11(2)16(15-14(10)20-24-21-15)25(22,23)19-7-6-18-13-4-5-17-9-12(13)3/h4-5,8-9,19H,6-7H2,1-3H3,(H,17,18). The molecule has 0 bridgehead atoms. The lowest BCUT2D eigenvalue weighted by atomic mass is 10.1. The van der Waals surface area contributed by atoms with Gasteiger partial charge in [-0.2, -0.15) is 0 Å². The van der Waals surface area contributed by atoms with Crippen molar-refractivity contribution in [1.29, 1.82) is 0 Å². The van der Waals surface area contributed by atoms with Crippen molar-refractivity contribution in [2.45, 2.75) is 25.7 Å². The third kappa shape index (κ3) is 3.47. The van der Waals surface area contributed by atoms with E-state index in [9.17, 15) is 8.42 Å². The monoisotopic (exact) mass is 361 g/mol. The van der Waals surface area contributed by atoms with Crippen molar-refractivity contribution >= 4 is 26.7 Å². The van der Waals surface area contributed by atoms with E-state index < -0.39 is 10.0 Å². The van der Waals surface area contributed by atoms with Gasteiger partial charge in [0.2, 0.25) is 10.0 Å². The first-order chi connectivity index (χ1) is 11.9. The zero-order valence-electron chi connectivity index (χ0n) is 14.2. The molecular weight excluding hydrogens is 342 g/mol. The van der Waals surface area contributed by atoms with Crippen molar-refractivity contribution in [2.24, 2.45) is 0 Å². The van der Waals surface area contributed by atoms with Crippen LogP contribution in [0, 0.1) is 20.8 Å². The van der Waals surface area contributed by atoms with E-state index in [1.54, 1.807) is 25.4 Å². The SMILES string of the molecule is Cc1cnccc1NCCNS(=O)(=O)c1c(C)cc(C)c2nonc12. The third-order valence-electron chi connectivity index (χ3n) is 3.89. The highest BCUT2D eigenvalue weighted by Crippen LogP contribution is 2.26. The number of anilines is 1. The van der Waals surface area contributed by atoms with E-state index in [0.29, 0.717) is 17.6 Å². The summed E-state index contributed by atoms with van der Waals surface area (Å²) in [5.41, 5.74) is 4.05. The Morgan fingerprint density at radius 3 is 2.56 bits per heavy atom. The number of fused-ring (bicyclic) bond motifs is 1. The minimum Gasteiger partial charge on any atom is -0.383 e. The number of sulfonamides is 1. The van der Waals surface area contributed by atoms with Gasteiger partial charge in [-0.3, -0.25) is 4.98 Å². The van der Waals surface area contributed by atoms with E-state index in [2.05, 4.69) is 25.3 Å². The molecular formula is C16H19N5O3S. The van der Waals surface area contributed by atoms with Gasteiger partial charge in [-0.15, -0.1) is 0 Å². The van der Waals surface area contributed by atoms with Crippen LogP contribution < -0.4 is 10.0 Å². The molecule has 2 N–H and O–H groups in total. The first-order valence-electron chi connectivity index (χ1n) is 7.77. The number of hydrogen-bond donors (Lipinski definition) is 2. The zero-order valence-corrected chi connectivity index (χ0v) is 15.0. The lowest BCUT2D eigenvalue weighted by Crippen LogP contribution is -2.29. The number of hydrogen-bond acceptors (Lipinski definition) is 7. The Balaban J connectivity index is 1.75. The van der Waals surface area contributed by atoms with Crippen molar-refractivity contribution in [3.05, 3.63) is 41.2 Å². The number of aryl methyl sites for hydroxylation is 3. The quantitative estimate of drug-likeness (QED) is 0.646. The van der Waals surface area contributed by atoms with Gasteiger partial charge in [0.1, 0.15) is 10.4 Å². The maximum Gasteiger partial charge on any atom is 0.243 e. The summed E-state index contributed by atoms with van der Waals surface area (Å²) < 4.78 is 32.7. The average Bonchev–Trinajstić information content (AvgIpc) is 3.02. The second-order valence-electron chi connectivity index (χ2n) is 5.82. The van der Waals surface area contributed by atoms with Crippen LogP contribution in [0.15, 0.2) is 34.1 Å². The van der Waals surface area contributed by atoms with E-state index in [-0.39, 0.29) is 17.0 Å². The van der Waals surface area contributed by atoms with Gasteiger partial charge in [-0.1, -0.05) is 6.07 Å². The normalized spacial score (nSPS) is 11.8. The topological polar surface area (TPSA) is 110 Å². The Bertz CT molecular complexity index is 1010. The van der Waals surface area contributed by atoms with Gasteiger partial charge < -0.3 is 5.32 Å². The maximum atomic E-state index is 12.7. The van der Waals surface area contributed by atoms with Gasteiger partial charge in [-0.25, -0.2) is 17.8 Å². The van der Waals surface area contributed by atoms with Gasteiger partial charge in [0.05, 0.1) is 0 Å². The van der Waals surface area contributed by atoms with Crippen LogP contribution in [-0.2, 0) is 10.0 Å². The summed E-state index contributed by atoms with van der Waals surface area (Å²) >= 11 is 0. The van der Waals surface area contributed by atoms with E-state index in [1.807, 2.05) is 19.9 Å². The largest absolute Gasteiger partial charge is 0.383 e. The highest BCUT2D eigenvalue weighted by Gasteiger charge is 2.24. The second-order valence-corrected chi connectivity index (χ2v) is 7.52. The summed E-state index contributed by atoms with van der Waals surface area (Å²) in [5.74, 6) is 0. The van der Waals surface area contributed by atoms with Crippen LogP contribution in [0.5, 0.6) is 0 Å². The molecule has 3 aromatic rings. The van der Waals surface area contributed by atoms with E-state index in [1.165, 1.54) is 0 Å². The van der Waals surface area contributed by atoms with Crippen LogP contribution in [0.2, 0.25) is 0 Å². The lowest BCUT2D eigenvalue weighted by Gasteiger charge is -2.12. The number of benzene rings is 1. The zero-order chi connectivity index (χ0) is 18.0. The number of pyridine rings is 1. The Morgan fingerprint density at radius 2 is 1.80 bits per heavy atom. The molecule has 2 aromatic heterocycles. The average molecular weight is 361 g/mol. The summed E-state index contributed by atoms with van der Waals surface area (Å²) in [5, 5.41) is 10.7. The Kier molecular flexibility index (Phi) is 4.69. The molecule has 3 rings (SSSR count). The first kappa shape index (κ1) is 17.3. The number of nitrogens with zero attached hydrogens (tertiary/aromatic N) is 3. The third-order valence-corrected chi connectivity index (χ3v) is 5.53. The molecule has 2 heterocycles. The summed E-state index contributed by atoms with van der Waals surface area (Å²) in [6.45, 7) is 6.17. The molecule has 0 saturated carbocycles. The molecule has 132 valence electrons.